The van der Waals surface area contributed by atoms with Gasteiger partial charge in [0.2, 0.25) is 5.91 Å². The zero-order valence-electron chi connectivity index (χ0n) is 14.4. The fraction of sp³-hybridized carbons (Fsp3) is 0.263. The van der Waals surface area contributed by atoms with Crippen molar-refractivity contribution in [1.82, 2.24) is 0 Å². The molecule has 0 fully saturated rings. The van der Waals surface area contributed by atoms with E-state index in [1.165, 1.54) is 13.8 Å². The van der Waals surface area contributed by atoms with Gasteiger partial charge in [-0.05, 0) is 31.4 Å². The van der Waals surface area contributed by atoms with E-state index in [2.05, 4.69) is 10.6 Å². The number of halogens is 2. The molecule has 2 aromatic carbocycles. The number of fused-ring (bicyclic) bond motifs is 1. The van der Waals surface area contributed by atoms with E-state index < -0.39 is 23.4 Å². The average molecular weight is 360 g/mol. The first-order valence-electron chi connectivity index (χ1n) is 8.20. The highest BCUT2D eigenvalue weighted by Gasteiger charge is 2.22. The largest absolute Gasteiger partial charge is 0.492 e. The maximum Gasteiger partial charge on any atom is 0.259 e. The number of carbonyl (C=O) groups is 2. The van der Waals surface area contributed by atoms with E-state index in [1.807, 2.05) is 6.07 Å². The molecule has 136 valence electrons. The van der Waals surface area contributed by atoms with Crippen LogP contribution in [0.2, 0.25) is 0 Å². The molecule has 1 aliphatic heterocycles. The van der Waals surface area contributed by atoms with E-state index in [-0.39, 0.29) is 16.9 Å². The summed E-state index contributed by atoms with van der Waals surface area (Å²) in [6, 6.07) is 6.08. The maximum absolute atomic E-state index is 13.8. The minimum Gasteiger partial charge on any atom is -0.492 e. The average Bonchev–Trinajstić information content (AvgIpc) is 2.62. The standard InChI is InChI=1S/C19H18F2N2O3/c1-10-16(21)14(20)9-15(17(10)22-11(2)24)23-19(25)13-7-3-5-12-6-4-8-26-18(12)13/h3,5,7,9H,4,6,8H2,1-2H3,(H,22,24)(H,23,25). The summed E-state index contributed by atoms with van der Waals surface area (Å²) in [7, 11) is 0. The van der Waals surface area contributed by atoms with E-state index in [4.69, 9.17) is 4.74 Å². The van der Waals surface area contributed by atoms with Crippen LogP contribution in [0.4, 0.5) is 20.2 Å². The van der Waals surface area contributed by atoms with Crippen molar-refractivity contribution in [1.29, 1.82) is 0 Å². The van der Waals surface area contributed by atoms with E-state index in [9.17, 15) is 18.4 Å². The number of ether oxygens (including phenoxy) is 1. The molecular weight excluding hydrogens is 342 g/mol. The van der Waals surface area contributed by atoms with Crippen LogP contribution in [0.3, 0.4) is 0 Å². The molecule has 1 heterocycles. The van der Waals surface area contributed by atoms with Crippen LogP contribution < -0.4 is 15.4 Å². The molecule has 0 saturated heterocycles. The van der Waals surface area contributed by atoms with Gasteiger partial charge in [-0.15, -0.1) is 0 Å². The van der Waals surface area contributed by atoms with Gasteiger partial charge in [0, 0.05) is 18.6 Å². The predicted molar refractivity (Wildman–Crippen MR) is 93.6 cm³/mol. The van der Waals surface area contributed by atoms with Gasteiger partial charge in [0.25, 0.3) is 5.91 Å². The SMILES string of the molecule is CC(=O)Nc1c(NC(=O)c2cccc3c2OCCC3)cc(F)c(F)c1C. The van der Waals surface area contributed by atoms with Crippen molar-refractivity contribution in [3.8, 4) is 5.75 Å². The highest BCUT2D eigenvalue weighted by Crippen LogP contribution is 2.33. The van der Waals surface area contributed by atoms with Crippen LogP contribution in [-0.2, 0) is 11.2 Å². The number of hydrogen-bond donors (Lipinski definition) is 2. The van der Waals surface area contributed by atoms with Crippen LogP contribution in [0, 0.1) is 18.6 Å². The molecule has 2 aromatic rings. The third-order valence-electron chi connectivity index (χ3n) is 4.18. The quantitative estimate of drug-likeness (QED) is 0.875. The number of hydrogen-bond acceptors (Lipinski definition) is 3. The molecule has 5 nitrogen and oxygen atoms in total. The molecule has 2 amide bonds. The van der Waals surface area contributed by atoms with Gasteiger partial charge in [-0.2, -0.15) is 0 Å². The molecule has 0 bridgehead atoms. The minimum atomic E-state index is -1.11. The van der Waals surface area contributed by atoms with Crippen molar-refractivity contribution >= 4 is 23.2 Å². The molecule has 26 heavy (non-hydrogen) atoms. The Bertz CT molecular complexity index is 897. The van der Waals surface area contributed by atoms with Gasteiger partial charge in [-0.25, -0.2) is 8.78 Å². The maximum atomic E-state index is 13.8. The van der Waals surface area contributed by atoms with E-state index in [1.54, 1.807) is 12.1 Å². The molecule has 0 aromatic heterocycles. The topological polar surface area (TPSA) is 67.4 Å². The van der Waals surface area contributed by atoms with E-state index in [0.29, 0.717) is 17.9 Å². The lowest BCUT2D eigenvalue weighted by Gasteiger charge is -2.20. The molecule has 0 saturated carbocycles. The number of anilines is 2. The van der Waals surface area contributed by atoms with Crippen LogP contribution in [0.5, 0.6) is 5.75 Å². The number of carbonyl (C=O) groups excluding carboxylic acids is 2. The summed E-state index contributed by atoms with van der Waals surface area (Å²) in [6.45, 7) is 3.08. The number of rotatable bonds is 3. The third-order valence-corrected chi connectivity index (χ3v) is 4.18. The van der Waals surface area contributed by atoms with Gasteiger partial charge in [0.15, 0.2) is 11.6 Å². The number of benzene rings is 2. The van der Waals surface area contributed by atoms with Gasteiger partial charge >= 0.3 is 0 Å². The van der Waals surface area contributed by atoms with E-state index >= 15 is 0 Å². The van der Waals surface area contributed by atoms with Crippen molar-refractivity contribution < 1.29 is 23.1 Å². The second kappa shape index (κ2) is 7.11. The summed E-state index contributed by atoms with van der Waals surface area (Å²) in [5.74, 6) is -2.68. The van der Waals surface area contributed by atoms with Gasteiger partial charge in [0.1, 0.15) is 5.75 Å². The number of nitrogens with one attached hydrogen (secondary N) is 2. The highest BCUT2D eigenvalue weighted by atomic mass is 19.2. The first kappa shape index (κ1) is 17.8. The molecular formula is C19H18F2N2O3. The fourth-order valence-electron chi connectivity index (χ4n) is 2.95. The molecule has 0 aliphatic carbocycles. The van der Waals surface area contributed by atoms with Crippen molar-refractivity contribution in [2.45, 2.75) is 26.7 Å². The summed E-state index contributed by atoms with van der Waals surface area (Å²) >= 11 is 0. The van der Waals surface area contributed by atoms with Crippen LogP contribution in [0.15, 0.2) is 24.3 Å². The second-order valence-corrected chi connectivity index (χ2v) is 6.10. The summed E-state index contributed by atoms with van der Waals surface area (Å²) in [5, 5.41) is 4.99. The van der Waals surface area contributed by atoms with Gasteiger partial charge in [0.05, 0.1) is 23.5 Å². The van der Waals surface area contributed by atoms with Crippen LogP contribution >= 0.6 is 0 Å². The Morgan fingerprint density at radius 3 is 2.69 bits per heavy atom. The number of para-hydroxylation sites is 1. The Kier molecular flexibility index (Phi) is 4.88. The zero-order valence-corrected chi connectivity index (χ0v) is 14.4. The normalized spacial score (nSPS) is 12.8. The lowest BCUT2D eigenvalue weighted by molar-refractivity contribution is -0.114. The zero-order chi connectivity index (χ0) is 18.8. The van der Waals surface area contributed by atoms with Crippen LogP contribution in [0.25, 0.3) is 0 Å². The Labute approximate surface area is 149 Å². The van der Waals surface area contributed by atoms with Crippen LogP contribution in [-0.4, -0.2) is 18.4 Å². The molecule has 1 aliphatic rings. The third kappa shape index (κ3) is 3.37. The Balaban J connectivity index is 1.99. The number of amides is 2. The van der Waals surface area contributed by atoms with Crippen molar-refractivity contribution in [3.05, 3.63) is 52.6 Å². The Morgan fingerprint density at radius 1 is 1.19 bits per heavy atom. The minimum absolute atomic E-state index is 0.0185. The first-order chi connectivity index (χ1) is 12.4. The summed E-state index contributed by atoms with van der Waals surface area (Å²) in [4.78, 5) is 24.1. The predicted octanol–water partition coefficient (Wildman–Crippen LogP) is 3.81. The first-order valence-corrected chi connectivity index (χ1v) is 8.20. The molecule has 2 N–H and O–H groups in total. The summed E-state index contributed by atoms with van der Waals surface area (Å²) < 4.78 is 33.3. The molecule has 7 heteroatoms. The van der Waals surface area contributed by atoms with Crippen LogP contribution in [0.1, 0.15) is 34.8 Å². The van der Waals surface area contributed by atoms with Gasteiger partial charge in [-0.3, -0.25) is 9.59 Å². The molecule has 0 spiro atoms. The fourth-order valence-corrected chi connectivity index (χ4v) is 2.95. The Morgan fingerprint density at radius 2 is 1.96 bits per heavy atom. The monoisotopic (exact) mass is 360 g/mol. The highest BCUT2D eigenvalue weighted by molar-refractivity contribution is 6.09. The lowest BCUT2D eigenvalue weighted by Crippen LogP contribution is -2.19. The molecule has 3 rings (SSSR count). The molecule has 0 unspecified atom stereocenters. The van der Waals surface area contributed by atoms with E-state index in [0.717, 1.165) is 24.5 Å². The van der Waals surface area contributed by atoms with Gasteiger partial charge < -0.3 is 15.4 Å². The lowest BCUT2D eigenvalue weighted by atomic mass is 10.0. The number of aryl methyl sites for hydroxylation is 1. The van der Waals surface area contributed by atoms with Gasteiger partial charge in [-0.1, -0.05) is 12.1 Å². The van der Waals surface area contributed by atoms with Crippen molar-refractivity contribution in [3.63, 3.8) is 0 Å². The summed E-state index contributed by atoms with van der Waals surface area (Å²) in [5.41, 5.74) is 1.14. The van der Waals surface area contributed by atoms with Crippen molar-refractivity contribution in [2.24, 2.45) is 0 Å². The smallest absolute Gasteiger partial charge is 0.259 e. The summed E-state index contributed by atoms with van der Waals surface area (Å²) in [6.07, 6.45) is 1.67. The van der Waals surface area contributed by atoms with Crippen molar-refractivity contribution in [2.75, 3.05) is 17.2 Å². The molecule has 0 atom stereocenters. The molecule has 0 radical (unpaired) electrons. The second-order valence-electron chi connectivity index (χ2n) is 6.10. The Hall–Kier alpha value is -2.96.